The molecule has 1 saturated heterocycles. The standard InChI is InChI=1S/C16H22N4/c1-11-9-20(10-12(2)19(11)3)15-7-6-14(17)16-13(15)5-4-8-18-16/h4-8,11-12H,9-10,17H2,1-3H3. The summed E-state index contributed by atoms with van der Waals surface area (Å²) in [6.45, 7) is 6.63. The van der Waals surface area contributed by atoms with Crippen molar-refractivity contribution < 1.29 is 0 Å². The predicted octanol–water partition coefficient (Wildman–Crippen LogP) is 2.35. The number of aromatic nitrogens is 1. The molecule has 0 radical (unpaired) electrons. The van der Waals surface area contributed by atoms with Crippen molar-refractivity contribution in [2.45, 2.75) is 25.9 Å². The van der Waals surface area contributed by atoms with Crippen molar-refractivity contribution in [1.82, 2.24) is 9.88 Å². The zero-order valence-corrected chi connectivity index (χ0v) is 12.4. The van der Waals surface area contributed by atoms with Crippen molar-refractivity contribution in [3.8, 4) is 0 Å². The van der Waals surface area contributed by atoms with Crippen LogP contribution in [0.4, 0.5) is 11.4 Å². The molecule has 2 unspecified atom stereocenters. The second-order valence-electron chi connectivity index (χ2n) is 5.84. The maximum absolute atomic E-state index is 6.04. The molecule has 4 heteroatoms. The molecule has 2 atom stereocenters. The van der Waals surface area contributed by atoms with Crippen LogP contribution < -0.4 is 10.6 Å². The van der Waals surface area contributed by atoms with E-state index < -0.39 is 0 Å². The van der Waals surface area contributed by atoms with Crippen LogP contribution in [0.5, 0.6) is 0 Å². The highest BCUT2D eigenvalue weighted by Crippen LogP contribution is 2.31. The van der Waals surface area contributed by atoms with Crippen molar-refractivity contribution in [3.05, 3.63) is 30.5 Å². The first kappa shape index (κ1) is 13.2. The SMILES string of the molecule is CC1CN(c2ccc(N)c3ncccc23)CC(C)N1C. The van der Waals surface area contributed by atoms with Crippen molar-refractivity contribution in [2.24, 2.45) is 0 Å². The summed E-state index contributed by atoms with van der Waals surface area (Å²) in [4.78, 5) is 9.32. The molecule has 4 nitrogen and oxygen atoms in total. The van der Waals surface area contributed by atoms with E-state index in [0.717, 1.165) is 29.7 Å². The van der Waals surface area contributed by atoms with E-state index in [0.29, 0.717) is 12.1 Å². The molecule has 0 spiro atoms. The van der Waals surface area contributed by atoms with E-state index in [4.69, 9.17) is 5.73 Å². The first-order chi connectivity index (χ1) is 9.58. The van der Waals surface area contributed by atoms with Crippen LogP contribution in [-0.2, 0) is 0 Å². The molecule has 2 aromatic rings. The van der Waals surface area contributed by atoms with E-state index in [1.54, 1.807) is 6.20 Å². The Kier molecular flexibility index (Phi) is 3.26. The summed E-state index contributed by atoms with van der Waals surface area (Å²) >= 11 is 0. The van der Waals surface area contributed by atoms with Gasteiger partial charge in [-0.3, -0.25) is 9.88 Å². The lowest BCUT2D eigenvalue weighted by atomic mass is 10.1. The number of hydrogen-bond donors (Lipinski definition) is 1. The average Bonchev–Trinajstić information content (AvgIpc) is 2.45. The number of rotatable bonds is 1. The van der Waals surface area contributed by atoms with Crippen molar-refractivity contribution >= 4 is 22.3 Å². The van der Waals surface area contributed by atoms with Gasteiger partial charge in [-0.05, 0) is 45.2 Å². The molecule has 106 valence electrons. The minimum atomic E-state index is 0.544. The van der Waals surface area contributed by atoms with Crippen LogP contribution in [0, 0.1) is 0 Å². The fourth-order valence-corrected chi connectivity index (χ4v) is 3.06. The molecule has 0 saturated carbocycles. The number of likely N-dealkylation sites (N-methyl/N-ethyl adjacent to an activating group) is 1. The summed E-state index contributed by atoms with van der Waals surface area (Å²) in [5.41, 5.74) is 8.94. The largest absolute Gasteiger partial charge is 0.397 e. The zero-order chi connectivity index (χ0) is 14.3. The Hall–Kier alpha value is -1.81. The quantitative estimate of drug-likeness (QED) is 0.808. The Labute approximate surface area is 120 Å². The summed E-state index contributed by atoms with van der Waals surface area (Å²) in [5, 5.41) is 1.15. The number of fused-ring (bicyclic) bond motifs is 1. The Morgan fingerprint density at radius 3 is 2.55 bits per heavy atom. The third-order valence-corrected chi connectivity index (χ3v) is 4.48. The first-order valence-electron chi connectivity index (χ1n) is 7.18. The molecule has 0 aliphatic carbocycles. The third-order valence-electron chi connectivity index (χ3n) is 4.48. The third kappa shape index (κ3) is 2.10. The van der Waals surface area contributed by atoms with Gasteiger partial charge < -0.3 is 10.6 Å². The summed E-state index contributed by atoms with van der Waals surface area (Å²) in [6.07, 6.45) is 1.80. The molecule has 2 N–H and O–H groups in total. The minimum Gasteiger partial charge on any atom is -0.397 e. The molecule has 0 amide bonds. The summed E-state index contributed by atoms with van der Waals surface area (Å²) in [7, 11) is 2.20. The molecule has 1 aliphatic heterocycles. The Balaban J connectivity index is 2.05. The topological polar surface area (TPSA) is 45.4 Å². The van der Waals surface area contributed by atoms with Gasteiger partial charge in [-0.25, -0.2) is 0 Å². The molecule has 2 heterocycles. The second-order valence-corrected chi connectivity index (χ2v) is 5.84. The number of anilines is 2. The fraction of sp³-hybridized carbons (Fsp3) is 0.438. The number of nitrogens with zero attached hydrogens (tertiary/aromatic N) is 3. The molecule has 1 fully saturated rings. The van der Waals surface area contributed by atoms with E-state index >= 15 is 0 Å². The predicted molar refractivity (Wildman–Crippen MR) is 85.1 cm³/mol. The van der Waals surface area contributed by atoms with Crippen LogP contribution in [-0.4, -0.2) is 42.1 Å². The molecular formula is C16H22N4. The average molecular weight is 270 g/mol. The monoisotopic (exact) mass is 270 g/mol. The molecule has 1 aromatic carbocycles. The van der Waals surface area contributed by atoms with E-state index in [-0.39, 0.29) is 0 Å². The summed E-state index contributed by atoms with van der Waals surface area (Å²) in [5.74, 6) is 0. The van der Waals surface area contributed by atoms with Gasteiger partial charge in [-0.1, -0.05) is 0 Å². The number of nitrogens with two attached hydrogens (primary N) is 1. The lowest BCUT2D eigenvalue weighted by molar-refractivity contribution is 0.170. The maximum atomic E-state index is 6.04. The van der Waals surface area contributed by atoms with Gasteiger partial charge in [-0.2, -0.15) is 0 Å². The van der Waals surface area contributed by atoms with Crippen LogP contribution >= 0.6 is 0 Å². The highest BCUT2D eigenvalue weighted by atomic mass is 15.3. The molecule has 1 aromatic heterocycles. The van der Waals surface area contributed by atoms with Gasteiger partial charge in [0.25, 0.3) is 0 Å². The summed E-state index contributed by atoms with van der Waals surface area (Å²) in [6, 6.07) is 9.28. The second kappa shape index (κ2) is 4.94. The van der Waals surface area contributed by atoms with Crippen molar-refractivity contribution in [3.63, 3.8) is 0 Å². The van der Waals surface area contributed by atoms with Crippen LogP contribution in [0.15, 0.2) is 30.5 Å². The van der Waals surface area contributed by atoms with Gasteiger partial charge in [0.05, 0.1) is 11.2 Å². The Morgan fingerprint density at radius 2 is 1.85 bits per heavy atom. The van der Waals surface area contributed by atoms with Gasteiger partial charge in [0, 0.05) is 42.4 Å². The highest BCUT2D eigenvalue weighted by Gasteiger charge is 2.27. The number of pyridine rings is 1. The molecular weight excluding hydrogens is 248 g/mol. The van der Waals surface area contributed by atoms with Crippen LogP contribution in [0.1, 0.15) is 13.8 Å². The van der Waals surface area contributed by atoms with Gasteiger partial charge in [0.2, 0.25) is 0 Å². The van der Waals surface area contributed by atoms with Gasteiger partial charge >= 0.3 is 0 Å². The maximum Gasteiger partial charge on any atom is 0.0951 e. The minimum absolute atomic E-state index is 0.544. The molecule has 0 bridgehead atoms. The lowest BCUT2D eigenvalue weighted by Gasteiger charge is -2.43. The van der Waals surface area contributed by atoms with E-state index in [2.05, 4.69) is 47.8 Å². The van der Waals surface area contributed by atoms with E-state index in [1.165, 1.54) is 5.69 Å². The van der Waals surface area contributed by atoms with Crippen LogP contribution in [0.3, 0.4) is 0 Å². The normalized spacial score (nSPS) is 24.2. The van der Waals surface area contributed by atoms with Crippen molar-refractivity contribution in [2.75, 3.05) is 30.8 Å². The number of nitrogen functional groups attached to an aromatic ring is 1. The zero-order valence-electron chi connectivity index (χ0n) is 12.4. The molecule has 1 aliphatic rings. The molecule has 20 heavy (non-hydrogen) atoms. The molecule has 3 rings (SSSR count). The van der Waals surface area contributed by atoms with E-state index in [1.807, 2.05) is 12.1 Å². The number of piperazine rings is 1. The van der Waals surface area contributed by atoms with Gasteiger partial charge in [0.1, 0.15) is 0 Å². The lowest BCUT2D eigenvalue weighted by Crippen LogP contribution is -2.55. The first-order valence-corrected chi connectivity index (χ1v) is 7.18. The van der Waals surface area contributed by atoms with Gasteiger partial charge in [0.15, 0.2) is 0 Å². The van der Waals surface area contributed by atoms with Gasteiger partial charge in [-0.15, -0.1) is 0 Å². The number of benzene rings is 1. The smallest absolute Gasteiger partial charge is 0.0951 e. The van der Waals surface area contributed by atoms with Crippen LogP contribution in [0.2, 0.25) is 0 Å². The highest BCUT2D eigenvalue weighted by molar-refractivity contribution is 5.98. The fourth-order valence-electron chi connectivity index (χ4n) is 3.06. The number of hydrogen-bond acceptors (Lipinski definition) is 4. The van der Waals surface area contributed by atoms with E-state index in [9.17, 15) is 0 Å². The summed E-state index contributed by atoms with van der Waals surface area (Å²) < 4.78 is 0. The Morgan fingerprint density at radius 1 is 1.15 bits per heavy atom. The van der Waals surface area contributed by atoms with Crippen molar-refractivity contribution in [1.29, 1.82) is 0 Å². The van der Waals surface area contributed by atoms with Crippen LogP contribution in [0.25, 0.3) is 10.9 Å². The Bertz CT molecular complexity index is 613.